The standard InChI is InChI=1S/C20H20ClN3O5/c21-18-11-15(24(27)28)5-8-17(18)20(26)22-10-9-13-1-6-16(7-2-13)29-12-19(25)23-14-3-4-14/h1-2,5-8,11,14H,3-4,9-10,12H2,(H,22,26)(H,23,25). The number of non-ortho nitro benzene ring substituents is 1. The lowest BCUT2D eigenvalue weighted by atomic mass is 10.1. The maximum atomic E-state index is 12.2. The van der Waals surface area contributed by atoms with E-state index in [4.69, 9.17) is 16.3 Å². The molecular weight excluding hydrogens is 398 g/mol. The van der Waals surface area contributed by atoms with E-state index in [0.717, 1.165) is 24.5 Å². The number of carbonyl (C=O) groups is 2. The largest absolute Gasteiger partial charge is 0.484 e. The van der Waals surface area contributed by atoms with E-state index in [-0.39, 0.29) is 28.8 Å². The third-order valence-electron chi connectivity index (χ3n) is 4.34. The first-order valence-corrected chi connectivity index (χ1v) is 9.53. The molecule has 0 aromatic heterocycles. The summed E-state index contributed by atoms with van der Waals surface area (Å²) in [6.45, 7) is 0.359. The highest BCUT2D eigenvalue weighted by molar-refractivity contribution is 6.34. The van der Waals surface area contributed by atoms with E-state index in [9.17, 15) is 19.7 Å². The molecule has 2 aromatic carbocycles. The van der Waals surface area contributed by atoms with Crippen LogP contribution in [-0.2, 0) is 11.2 Å². The van der Waals surface area contributed by atoms with Gasteiger partial charge in [0.05, 0.1) is 15.5 Å². The number of benzene rings is 2. The summed E-state index contributed by atoms with van der Waals surface area (Å²) in [5, 5.41) is 16.3. The minimum Gasteiger partial charge on any atom is -0.484 e. The van der Waals surface area contributed by atoms with Gasteiger partial charge in [-0.3, -0.25) is 19.7 Å². The summed E-state index contributed by atoms with van der Waals surface area (Å²) in [5.41, 5.74) is 0.999. The summed E-state index contributed by atoms with van der Waals surface area (Å²) < 4.78 is 5.45. The number of ether oxygens (including phenoxy) is 1. The van der Waals surface area contributed by atoms with Crippen LogP contribution >= 0.6 is 11.6 Å². The first-order chi connectivity index (χ1) is 13.9. The Morgan fingerprint density at radius 2 is 1.90 bits per heavy atom. The Hall–Kier alpha value is -3.13. The highest BCUT2D eigenvalue weighted by atomic mass is 35.5. The second-order valence-corrected chi connectivity index (χ2v) is 7.11. The molecule has 0 spiro atoms. The Balaban J connectivity index is 1.43. The monoisotopic (exact) mass is 417 g/mol. The van der Waals surface area contributed by atoms with Gasteiger partial charge >= 0.3 is 0 Å². The lowest BCUT2D eigenvalue weighted by Gasteiger charge is -2.09. The van der Waals surface area contributed by atoms with Gasteiger partial charge in [-0.2, -0.15) is 0 Å². The molecule has 1 aliphatic carbocycles. The maximum Gasteiger partial charge on any atom is 0.270 e. The molecule has 0 bridgehead atoms. The molecule has 2 aromatic rings. The number of halogens is 1. The molecule has 152 valence electrons. The van der Waals surface area contributed by atoms with Crippen molar-refractivity contribution in [3.8, 4) is 5.75 Å². The molecule has 1 saturated carbocycles. The molecule has 1 aliphatic rings. The summed E-state index contributed by atoms with van der Waals surface area (Å²) in [4.78, 5) is 34.0. The lowest BCUT2D eigenvalue weighted by Crippen LogP contribution is -2.30. The summed E-state index contributed by atoms with van der Waals surface area (Å²) in [6.07, 6.45) is 2.65. The summed E-state index contributed by atoms with van der Waals surface area (Å²) in [5.74, 6) is 0.0807. The van der Waals surface area contributed by atoms with Gasteiger partial charge in [0.1, 0.15) is 5.75 Å². The quantitative estimate of drug-likeness (QED) is 0.481. The van der Waals surface area contributed by atoms with Crippen LogP contribution in [0.5, 0.6) is 5.75 Å². The smallest absolute Gasteiger partial charge is 0.270 e. The van der Waals surface area contributed by atoms with Crippen LogP contribution < -0.4 is 15.4 Å². The number of nitro groups is 1. The van der Waals surface area contributed by atoms with Gasteiger partial charge in [-0.25, -0.2) is 0 Å². The lowest BCUT2D eigenvalue weighted by molar-refractivity contribution is -0.384. The molecule has 9 heteroatoms. The third-order valence-corrected chi connectivity index (χ3v) is 4.66. The van der Waals surface area contributed by atoms with Crippen molar-refractivity contribution in [2.75, 3.05) is 13.2 Å². The Labute approximate surface area is 172 Å². The van der Waals surface area contributed by atoms with Crippen molar-refractivity contribution in [3.63, 3.8) is 0 Å². The van der Waals surface area contributed by atoms with Gasteiger partial charge in [-0.15, -0.1) is 0 Å². The van der Waals surface area contributed by atoms with Crippen LogP contribution in [0.15, 0.2) is 42.5 Å². The van der Waals surface area contributed by atoms with E-state index in [2.05, 4.69) is 10.6 Å². The molecule has 8 nitrogen and oxygen atoms in total. The first kappa shape index (κ1) is 20.6. The van der Waals surface area contributed by atoms with Crippen molar-refractivity contribution >= 4 is 29.1 Å². The average Bonchev–Trinajstić information content (AvgIpc) is 3.51. The molecule has 0 unspecified atom stereocenters. The van der Waals surface area contributed by atoms with Crippen LogP contribution in [-0.4, -0.2) is 35.9 Å². The van der Waals surface area contributed by atoms with Gasteiger partial charge in [-0.1, -0.05) is 23.7 Å². The van der Waals surface area contributed by atoms with Gasteiger partial charge in [-0.05, 0) is 43.0 Å². The second-order valence-electron chi connectivity index (χ2n) is 6.70. The molecule has 0 aliphatic heterocycles. The van der Waals surface area contributed by atoms with Crippen molar-refractivity contribution in [1.82, 2.24) is 10.6 Å². The van der Waals surface area contributed by atoms with Crippen molar-refractivity contribution in [2.24, 2.45) is 0 Å². The van der Waals surface area contributed by atoms with E-state index in [1.54, 1.807) is 12.1 Å². The molecule has 2 amide bonds. The summed E-state index contributed by atoms with van der Waals surface area (Å²) in [7, 11) is 0. The molecule has 29 heavy (non-hydrogen) atoms. The maximum absolute atomic E-state index is 12.2. The van der Waals surface area contributed by atoms with Crippen molar-refractivity contribution in [1.29, 1.82) is 0 Å². The van der Waals surface area contributed by atoms with Gasteiger partial charge in [0.15, 0.2) is 6.61 Å². The first-order valence-electron chi connectivity index (χ1n) is 9.15. The Kier molecular flexibility index (Phi) is 6.66. The number of carbonyl (C=O) groups excluding carboxylic acids is 2. The fraction of sp³-hybridized carbons (Fsp3) is 0.300. The molecule has 1 fully saturated rings. The van der Waals surface area contributed by atoms with E-state index >= 15 is 0 Å². The van der Waals surface area contributed by atoms with Crippen molar-refractivity contribution < 1.29 is 19.2 Å². The van der Waals surface area contributed by atoms with Crippen LogP contribution in [0.4, 0.5) is 5.69 Å². The van der Waals surface area contributed by atoms with Crippen molar-refractivity contribution in [2.45, 2.75) is 25.3 Å². The number of nitrogens with zero attached hydrogens (tertiary/aromatic N) is 1. The zero-order chi connectivity index (χ0) is 20.8. The zero-order valence-corrected chi connectivity index (χ0v) is 16.3. The topological polar surface area (TPSA) is 111 Å². The SMILES string of the molecule is O=C(COc1ccc(CCNC(=O)c2ccc([N+](=O)[O-])cc2Cl)cc1)NC1CC1. The van der Waals surface area contributed by atoms with E-state index < -0.39 is 10.8 Å². The van der Waals surface area contributed by atoms with E-state index in [1.807, 2.05) is 12.1 Å². The molecule has 0 radical (unpaired) electrons. The van der Waals surface area contributed by atoms with Gasteiger partial charge < -0.3 is 15.4 Å². The fourth-order valence-electron chi connectivity index (χ4n) is 2.62. The van der Waals surface area contributed by atoms with Crippen LogP contribution in [0.25, 0.3) is 0 Å². The molecule has 0 atom stereocenters. The van der Waals surface area contributed by atoms with Gasteiger partial charge in [0.2, 0.25) is 0 Å². The summed E-state index contributed by atoms with van der Waals surface area (Å²) >= 11 is 5.96. The second kappa shape index (κ2) is 9.38. The summed E-state index contributed by atoms with van der Waals surface area (Å²) in [6, 6.07) is 11.3. The predicted molar refractivity (Wildman–Crippen MR) is 107 cm³/mol. The Bertz CT molecular complexity index is 913. The van der Waals surface area contributed by atoms with E-state index in [0.29, 0.717) is 24.8 Å². The average molecular weight is 418 g/mol. The molecule has 3 rings (SSSR count). The van der Waals surface area contributed by atoms with Crippen LogP contribution in [0, 0.1) is 10.1 Å². The van der Waals surface area contributed by atoms with Crippen LogP contribution in [0.3, 0.4) is 0 Å². The third kappa shape index (κ3) is 6.18. The van der Waals surface area contributed by atoms with Crippen molar-refractivity contribution in [3.05, 3.63) is 68.7 Å². The molecule has 0 heterocycles. The molecular formula is C20H20ClN3O5. The van der Waals surface area contributed by atoms with Crippen LogP contribution in [0.1, 0.15) is 28.8 Å². The predicted octanol–water partition coefficient (Wildman–Crippen LogP) is 2.88. The highest BCUT2D eigenvalue weighted by Gasteiger charge is 2.23. The number of rotatable bonds is 9. The Morgan fingerprint density at radius 3 is 2.52 bits per heavy atom. The highest BCUT2D eigenvalue weighted by Crippen LogP contribution is 2.22. The van der Waals surface area contributed by atoms with Gasteiger partial charge in [0, 0.05) is 24.7 Å². The number of hydrogen-bond acceptors (Lipinski definition) is 5. The minimum atomic E-state index is -0.569. The Morgan fingerprint density at radius 1 is 1.17 bits per heavy atom. The van der Waals surface area contributed by atoms with Gasteiger partial charge in [0.25, 0.3) is 17.5 Å². The zero-order valence-electron chi connectivity index (χ0n) is 15.5. The number of hydrogen-bond donors (Lipinski definition) is 2. The molecule has 0 saturated heterocycles. The fourth-order valence-corrected chi connectivity index (χ4v) is 2.88. The molecule has 2 N–H and O–H groups in total. The number of nitro benzene ring substituents is 1. The minimum absolute atomic E-state index is 0.0120. The number of nitrogens with one attached hydrogen (secondary N) is 2. The normalized spacial score (nSPS) is 12.9. The number of amides is 2. The van der Waals surface area contributed by atoms with Crippen LogP contribution in [0.2, 0.25) is 5.02 Å². The van der Waals surface area contributed by atoms with E-state index in [1.165, 1.54) is 12.1 Å².